The van der Waals surface area contributed by atoms with Crippen LogP contribution in [0.25, 0.3) is 17.2 Å². The molecule has 0 radical (unpaired) electrons. The lowest BCUT2D eigenvalue weighted by atomic mass is 10.0. The standard InChI is InChI=1S/C16H12O2/c17-16(18)8-6-11-5-7-15-13(9-11)10-12-3-1-2-4-14(12)15/h1-9H,10H2,(H,17,18). The van der Waals surface area contributed by atoms with Gasteiger partial charge in [0.2, 0.25) is 0 Å². The van der Waals surface area contributed by atoms with Crippen molar-refractivity contribution < 1.29 is 9.90 Å². The van der Waals surface area contributed by atoms with E-state index in [1.165, 1.54) is 28.3 Å². The number of fused-ring (bicyclic) bond motifs is 3. The summed E-state index contributed by atoms with van der Waals surface area (Å²) in [5.74, 6) is -0.918. The van der Waals surface area contributed by atoms with Crippen molar-refractivity contribution in [3.8, 4) is 11.1 Å². The second-order valence-electron chi connectivity index (χ2n) is 4.42. The van der Waals surface area contributed by atoms with Crippen molar-refractivity contribution >= 4 is 12.0 Å². The lowest BCUT2D eigenvalue weighted by Crippen LogP contribution is -1.86. The van der Waals surface area contributed by atoms with E-state index in [1.807, 2.05) is 12.1 Å². The number of carboxylic acid groups (broad SMARTS) is 1. The third-order valence-electron chi connectivity index (χ3n) is 3.24. The zero-order chi connectivity index (χ0) is 12.5. The van der Waals surface area contributed by atoms with Gasteiger partial charge in [0.1, 0.15) is 0 Å². The van der Waals surface area contributed by atoms with Gasteiger partial charge in [0.15, 0.2) is 0 Å². The predicted octanol–water partition coefficient (Wildman–Crippen LogP) is 3.36. The fourth-order valence-corrected chi connectivity index (χ4v) is 2.44. The van der Waals surface area contributed by atoms with Crippen LogP contribution < -0.4 is 0 Å². The Labute approximate surface area is 105 Å². The van der Waals surface area contributed by atoms with Crippen molar-refractivity contribution in [1.82, 2.24) is 0 Å². The molecule has 2 aromatic rings. The zero-order valence-corrected chi connectivity index (χ0v) is 9.76. The first kappa shape index (κ1) is 10.8. The van der Waals surface area contributed by atoms with Gasteiger partial charge < -0.3 is 5.11 Å². The van der Waals surface area contributed by atoms with Crippen LogP contribution in [-0.2, 0) is 11.2 Å². The Hall–Kier alpha value is -2.35. The van der Waals surface area contributed by atoms with Gasteiger partial charge >= 0.3 is 5.97 Å². The zero-order valence-electron chi connectivity index (χ0n) is 9.76. The molecule has 0 saturated heterocycles. The van der Waals surface area contributed by atoms with Gasteiger partial charge in [-0.1, -0.05) is 42.5 Å². The SMILES string of the molecule is O=C(O)C=Cc1ccc2c(c1)Cc1ccccc1-2. The van der Waals surface area contributed by atoms with Gasteiger partial charge in [-0.3, -0.25) is 0 Å². The van der Waals surface area contributed by atoms with Crippen molar-refractivity contribution in [3.05, 3.63) is 65.2 Å². The van der Waals surface area contributed by atoms with Crippen molar-refractivity contribution in [2.75, 3.05) is 0 Å². The first-order chi connectivity index (χ1) is 8.74. The van der Waals surface area contributed by atoms with Crippen LogP contribution in [0.3, 0.4) is 0 Å². The lowest BCUT2D eigenvalue weighted by molar-refractivity contribution is -0.131. The van der Waals surface area contributed by atoms with Crippen LogP contribution in [0.4, 0.5) is 0 Å². The Bertz CT molecular complexity index is 654. The highest BCUT2D eigenvalue weighted by molar-refractivity contribution is 5.86. The van der Waals surface area contributed by atoms with Crippen LogP contribution in [0.5, 0.6) is 0 Å². The minimum atomic E-state index is -0.918. The summed E-state index contributed by atoms with van der Waals surface area (Å²) in [7, 11) is 0. The molecule has 1 aliphatic rings. The van der Waals surface area contributed by atoms with E-state index in [0.29, 0.717) is 0 Å². The van der Waals surface area contributed by atoms with Crippen LogP contribution in [0, 0.1) is 0 Å². The molecule has 1 N–H and O–H groups in total. The Balaban J connectivity index is 2.01. The van der Waals surface area contributed by atoms with Gasteiger partial charge in [-0.2, -0.15) is 0 Å². The number of rotatable bonds is 2. The average molecular weight is 236 g/mol. The van der Waals surface area contributed by atoms with Crippen molar-refractivity contribution in [3.63, 3.8) is 0 Å². The van der Waals surface area contributed by atoms with E-state index >= 15 is 0 Å². The van der Waals surface area contributed by atoms with Gasteiger partial charge in [0.05, 0.1) is 0 Å². The van der Waals surface area contributed by atoms with E-state index in [1.54, 1.807) is 6.08 Å². The Morgan fingerprint density at radius 1 is 1.06 bits per heavy atom. The summed E-state index contributed by atoms with van der Waals surface area (Å²) < 4.78 is 0. The quantitative estimate of drug-likeness (QED) is 0.693. The number of carboxylic acids is 1. The van der Waals surface area contributed by atoms with Crippen molar-refractivity contribution in [2.45, 2.75) is 6.42 Å². The van der Waals surface area contributed by atoms with Crippen LogP contribution in [-0.4, -0.2) is 11.1 Å². The molecule has 2 heteroatoms. The van der Waals surface area contributed by atoms with E-state index in [9.17, 15) is 4.79 Å². The summed E-state index contributed by atoms with van der Waals surface area (Å²) in [6.07, 6.45) is 3.73. The molecule has 0 saturated carbocycles. The first-order valence-electron chi connectivity index (χ1n) is 5.86. The van der Waals surface area contributed by atoms with E-state index in [4.69, 9.17) is 5.11 Å². The molecule has 1 aliphatic carbocycles. The molecule has 0 fully saturated rings. The second kappa shape index (κ2) is 4.15. The molecule has 0 atom stereocenters. The molecule has 0 aliphatic heterocycles. The summed E-state index contributed by atoms with van der Waals surface area (Å²) in [5.41, 5.74) is 6.10. The van der Waals surface area contributed by atoms with E-state index in [-0.39, 0.29) is 0 Å². The molecule has 0 unspecified atom stereocenters. The summed E-state index contributed by atoms with van der Waals surface area (Å²) >= 11 is 0. The molecule has 0 spiro atoms. The fraction of sp³-hybridized carbons (Fsp3) is 0.0625. The number of benzene rings is 2. The van der Waals surface area contributed by atoms with Crippen LogP contribution in [0.15, 0.2) is 48.5 Å². The molecule has 0 amide bonds. The molecule has 0 bridgehead atoms. The Morgan fingerprint density at radius 3 is 2.67 bits per heavy atom. The van der Waals surface area contributed by atoms with Crippen molar-refractivity contribution in [1.29, 1.82) is 0 Å². The minimum absolute atomic E-state index is 0.918. The topological polar surface area (TPSA) is 37.3 Å². The van der Waals surface area contributed by atoms with Gasteiger partial charge in [0, 0.05) is 6.08 Å². The smallest absolute Gasteiger partial charge is 0.328 e. The summed E-state index contributed by atoms with van der Waals surface area (Å²) in [4.78, 5) is 10.5. The second-order valence-corrected chi connectivity index (χ2v) is 4.42. The third-order valence-corrected chi connectivity index (χ3v) is 3.24. The molecular weight excluding hydrogens is 224 g/mol. The minimum Gasteiger partial charge on any atom is -0.478 e. The Morgan fingerprint density at radius 2 is 1.83 bits per heavy atom. The van der Waals surface area contributed by atoms with Crippen LogP contribution in [0.2, 0.25) is 0 Å². The Kier molecular flexibility index (Phi) is 2.49. The monoisotopic (exact) mass is 236 g/mol. The molecule has 0 heterocycles. The highest BCUT2D eigenvalue weighted by Crippen LogP contribution is 2.36. The number of aliphatic carboxylic acids is 1. The maximum atomic E-state index is 10.5. The summed E-state index contributed by atoms with van der Waals surface area (Å²) in [5, 5.41) is 8.62. The highest BCUT2D eigenvalue weighted by atomic mass is 16.4. The van der Waals surface area contributed by atoms with E-state index in [0.717, 1.165) is 12.0 Å². The molecule has 2 nitrogen and oxygen atoms in total. The van der Waals surface area contributed by atoms with Gasteiger partial charge in [-0.05, 0) is 40.3 Å². The predicted molar refractivity (Wildman–Crippen MR) is 71.4 cm³/mol. The molecular formula is C16H12O2. The normalized spacial score (nSPS) is 12.4. The number of hydrogen-bond donors (Lipinski definition) is 1. The van der Waals surface area contributed by atoms with E-state index in [2.05, 4.69) is 30.3 Å². The largest absolute Gasteiger partial charge is 0.478 e. The molecule has 88 valence electrons. The molecule has 0 aromatic heterocycles. The first-order valence-corrected chi connectivity index (χ1v) is 5.86. The molecule has 18 heavy (non-hydrogen) atoms. The maximum absolute atomic E-state index is 10.5. The molecule has 3 rings (SSSR count). The summed E-state index contributed by atoms with van der Waals surface area (Å²) in [6.45, 7) is 0. The van der Waals surface area contributed by atoms with Gasteiger partial charge in [-0.15, -0.1) is 0 Å². The van der Waals surface area contributed by atoms with Gasteiger partial charge in [-0.25, -0.2) is 4.79 Å². The lowest BCUT2D eigenvalue weighted by Gasteiger charge is -2.01. The van der Waals surface area contributed by atoms with Crippen LogP contribution >= 0.6 is 0 Å². The number of hydrogen-bond acceptors (Lipinski definition) is 1. The van der Waals surface area contributed by atoms with E-state index < -0.39 is 5.97 Å². The highest BCUT2D eigenvalue weighted by Gasteiger charge is 2.17. The third kappa shape index (κ3) is 1.82. The van der Waals surface area contributed by atoms with Crippen molar-refractivity contribution in [2.24, 2.45) is 0 Å². The van der Waals surface area contributed by atoms with Crippen LogP contribution in [0.1, 0.15) is 16.7 Å². The summed E-state index contributed by atoms with van der Waals surface area (Å²) in [6, 6.07) is 14.5. The fourth-order valence-electron chi connectivity index (χ4n) is 2.44. The maximum Gasteiger partial charge on any atom is 0.328 e. The molecule has 2 aromatic carbocycles. The number of carbonyl (C=O) groups is 1. The van der Waals surface area contributed by atoms with Gasteiger partial charge in [0.25, 0.3) is 0 Å². The average Bonchev–Trinajstić information content (AvgIpc) is 2.73.